The van der Waals surface area contributed by atoms with Crippen molar-refractivity contribution in [2.24, 2.45) is 0 Å². The maximum absolute atomic E-state index is 12.1. The molecule has 19 heavy (non-hydrogen) atoms. The summed E-state index contributed by atoms with van der Waals surface area (Å²) in [5.41, 5.74) is 9.73. The topological polar surface area (TPSA) is 80.9 Å². The van der Waals surface area contributed by atoms with Gasteiger partial charge in [-0.25, -0.2) is 4.98 Å². The Balaban J connectivity index is 2.29. The molecule has 2 rings (SSSR count). The number of carbonyl (C=O) groups is 1. The predicted octanol–water partition coefficient (Wildman–Crippen LogP) is 2.24. The number of anilines is 2. The fourth-order valence-electron chi connectivity index (χ4n) is 2.05. The van der Waals surface area contributed by atoms with E-state index < -0.39 is 0 Å². The average Bonchev–Trinajstić information content (AvgIpc) is 2.33. The third-order valence-corrected chi connectivity index (χ3v) is 2.80. The Morgan fingerprint density at radius 3 is 2.37 bits per heavy atom. The standard InChI is InChI=1S/C14H16N4O/c1-8-4-9(2)13(10(3)5-8)18-14(19)11-6-16-7-12(15)17-11/h4-7H,1-3H3,(H2,15,17)(H,18,19). The van der Waals surface area contributed by atoms with Gasteiger partial charge in [-0.15, -0.1) is 0 Å². The number of hydrogen-bond donors (Lipinski definition) is 2. The molecule has 0 aliphatic carbocycles. The maximum Gasteiger partial charge on any atom is 0.275 e. The second-order valence-corrected chi connectivity index (χ2v) is 4.56. The second kappa shape index (κ2) is 5.06. The lowest BCUT2D eigenvalue weighted by Crippen LogP contribution is -2.16. The van der Waals surface area contributed by atoms with Crippen LogP contribution in [-0.2, 0) is 0 Å². The first-order chi connectivity index (χ1) is 8.97. The lowest BCUT2D eigenvalue weighted by atomic mass is 10.1. The van der Waals surface area contributed by atoms with Crippen LogP contribution >= 0.6 is 0 Å². The van der Waals surface area contributed by atoms with Crippen LogP contribution in [0, 0.1) is 20.8 Å². The van der Waals surface area contributed by atoms with Crippen LogP contribution in [0.25, 0.3) is 0 Å². The molecular formula is C14H16N4O. The molecule has 0 spiro atoms. The van der Waals surface area contributed by atoms with Gasteiger partial charge in [-0.2, -0.15) is 0 Å². The van der Waals surface area contributed by atoms with Gasteiger partial charge in [0.1, 0.15) is 11.5 Å². The van der Waals surface area contributed by atoms with Crippen LogP contribution in [0.4, 0.5) is 11.5 Å². The molecule has 1 aromatic carbocycles. The Bertz CT molecular complexity index is 614. The van der Waals surface area contributed by atoms with Gasteiger partial charge < -0.3 is 11.1 Å². The zero-order valence-corrected chi connectivity index (χ0v) is 11.2. The van der Waals surface area contributed by atoms with Crippen molar-refractivity contribution in [3.05, 3.63) is 46.9 Å². The number of benzene rings is 1. The van der Waals surface area contributed by atoms with Crippen molar-refractivity contribution in [3.63, 3.8) is 0 Å². The molecule has 1 heterocycles. The number of hydrogen-bond acceptors (Lipinski definition) is 4. The van der Waals surface area contributed by atoms with Gasteiger partial charge in [0.05, 0.1) is 12.4 Å². The number of amides is 1. The summed E-state index contributed by atoms with van der Waals surface area (Å²) in [7, 11) is 0. The fraction of sp³-hybridized carbons (Fsp3) is 0.214. The summed E-state index contributed by atoms with van der Waals surface area (Å²) >= 11 is 0. The van der Waals surface area contributed by atoms with E-state index in [1.807, 2.05) is 32.9 Å². The van der Waals surface area contributed by atoms with Crippen molar-refractivity contribution < 1.29 is 4.79 Å². The molecule has 0 unspecified atom stereocenters. The van der Waals surface area contributed by atoms with Gasteiger partial charge in [0.2, 0.25) is 0 Å². The molecule has 0 bridgehead atoms. The minimum atomic E-state index is -0.310. The SMILES string of the molecule is Cc1cc(C)c(NC(=O)c2cncc(N)n2)c(C)c1. The lowest BCUT2D eigenvalue weighted by Gasteiger charge is -2.12. The normalized spacial score (nSPS) is 10.3. The Hall–Kier alpha value is -2.43. The maximum atomic E-state index is 12.1. The van der Waals surface area contributed by atoms with Crippen LogP contribution in [0.3, 0.4) is 0 Å². The van der Waals surface area contributed by atoms with Crippen molar-refractivity contribution >= 4 is 17.4 Å². The Morgan fingerprint density at radius 2 is 1.79 bits per heavy atom. The molecule has 1 amide bonds. The molecule has 5 heteroatoms. The van der Waals surface area contributed by atoms with E-state index in [0.717, 1.165) is 22.4 Å². The predicted molar refractivity (Wildman–Crippen MR) is 75.1 cm³/mol. The zero-order chi connectivity index (χ0) is 14.0. The molecule has 98 valence electrons. The molecule has 0 radical (unpaired) electrons. The highest BCUT2D eigenvalue weighted by molar-refractivity contribution is 6.03. The zero-order valence-electron chi connectivity index (χ0n) is 11.2. The molecule has 0 saturated carbocycles. The van der Waals surface area contributed by atoms with Gasteiger partial charge in [-0.1, -0.05) is 17.7 Å². The summed E-state index contributed by atoms with van der Waals surface area (Å²) in [5, 5.41) is 2.85. The first kappa shape index (κ1) is 13.0. The number of aromatic nitrogens is 2. The van der Waals surface area contributed by atoms with Crippen molar-refractivity contribution in [2.45, 2.75) is 20.8 Å². The molecule has 0 saturated heterocycles. The molecule has 0 aliphatic rings. The number of nitrogens with one attached hydrogen (secondary N) is 1. The third kappa shape index (κ3) is 2.88. The molecular weight excluding hydrogens is 240 g/mol. The minimum absolute atomic E-state index is 0.208. The summed E-state index contributed by atoms with van der Waals surface area (Å²) in [6.07, 6.45) is 2.80. The van der Waals surface area contributed by atoms with Crippen LogP contribution in [-0.4, -0.2) is 15.9 Å². The van der Waals surface area contributed by atoms with Gasteiger partial charge in [0.15, 0.2) is 0 Å². The van der Waals surface area contributed by atoms with Crippen LogP contribution < -0.4 is 11.1 Å². The molecule has 0 atom stereocenters. The summed E-state index contributed by atoms with van der Waals surface area (Å²) in [5.74, 6) is -0.0835. The number of nitrogens with two attached hydrogens (primary N) is 1. The van der Waals surface area contributed by atoms with E-state index >= 15 is 0 Å². The summed E-state index contributed by atoms with van der Waals surface area (Å²) < 4.78 is 0. The first-order valence-electron chi connectivity index (χ1n) is 5.94. The van der Waals surface area contributed by atoms with Crippen LogP contribution in [0.2, 0.25) is 0 Å². The highest BCUT2D eigenvalue weighted by Gasteiger charge is 2.12. The van der Waals surface area contributed by atoms with Crippen molar-refractivity contribution in [2.75, 3.05) is 11.1 Å². The molecule has 0 aliphatic heterocycles. The van der Waals surface area contributed by atoms with E-state index in [4.69, 9.17) is 5.73 Å². The summed E-state index contributed by atoms with van der Waals surface area (Å²) in [4.78, 5) is 19.9. The van der Waals surface area contributed by atoms with E-state index in [2.05, 4.69) is 15.3 Å². The Kier molecular flexibility index (Phi) is 3.46. The van der Waals surface area contributed by atoms with E-state index in [0.29, 0.717) is 0 Å². The number of carbonyl (C=O) groups excluding carboxylic acids is 1. The number of nitrogens with zero attached hydrogens (tertiary/aromatic N) is 2. The Morgan fingerprint density at radius 1 is 1.16 bits per heavy atom. The molecule has 1 aromatic heterocycles. The largest absolute Gasteiger partial charge is 0.382 e. The van der Waals surface area contributed by atoms with E-state index in [1.54, 1.807) is 0 Å². The third-order valence-electron chi connectivity index (χ3n) is 2.80. The van der Waals surface area contributed by atoms with E-state index in [1.165, 1.54) is 12.4 Å². The van der Waals surface area contributed by atoms with Crippen LogP contribution in [0.1, 0.15) is 27.2 Å². The second-order valence-electron chi connectivity index (χ2n) is 4.56. The smallest absolute Gasteiger partial charge is 0.275 e. The van der Waals surface area contributed by atoms with Gasteiger partial charge in [0, 0.05) is 5.69 Å². The van der Waals surface area contributed by atoms with Crippen molar-refractivity contribution in [3.8, 4) is 0 Å². The minimum Gasteiger partial charge on any atom is -0.382 e. The first-order valence-corrected chi connectivity index (χ1v) is 5.94. The van der Waals surface area contributed by atoms with E-state index in [9.17, 15) is 4.79 Å². The quantitative estimate of drug-likeness (QED) is 0.863. The van der Waals surface area contributed by atoms with Gasteiger partial charge in [0.25, 0.3) is 5.91 Å². The summed E-state index contributed by atoms with van der Waals surface area (Å²) in [6.45, 7) is 5.94. The molecule has 3 N–H and O–H groups in total. The summed E-state index contributed by atoms with van der Waals surface area (Å²) in [6, 6.07) is 4.04. The fourth-order valence-corrected chi connectivity index (χ4v) is 2.05. The number of nitrogen functional groups attached to an aromatic ring is 1. The van der Waals surface area contributed by atoms with Crippen LogP contribution in [0.5, 0.6) is 0 Å². The Labute approximate surface area is 111 Å². The van der Waals surface area contributed by atoms with Gasteiger partial charge in [-0.05, 0) is 31.9 Å². The molecule has 5 nitrogen and oxygen atoms in total. The average molecular weight is 256 g/mol. The molecule has 0 fully saturated rings. The van der Waals surface area contributed by atoms with Gasteiger partial charge >= 0.3 is 0 Å². The number of aryl methyl sites for hydroxylation is 3. The number of rotatable bonds is 2. The van der Waals surface area contributed by atoms with Crippen molar-refractivity contribution in [1.29, 1.82) is 0 Å². The highest BCUT2D eigenvalue weighted by atomic mass is 16.1. The van der Waals surface area contributed by atoms with Gasteiger partial charge in [-0.3, -0.25) is 9.78 Å². The van der Waals surface area contributed by atoms with E-state index in [-0.39, 0.29) is 17.4 Å². The lowest BCUT2D eigenvalue weighted by molar-refractivity contribution is 0.102. The monoisotopic (exact) mass is 256 g/mol. The van der Waals surface area contributed by atoms with Crippen molar-refractivity contribution in [1.82, 2.24) is 9.97 Å². The molecule has 2 aromatic rings. The van der Waals surface area contributed by atoms with Crippen LogP contribution in [0.15, 0.2) is 24.5 Å². The highest BCUT2D eigenvalue weighted by Crippen LogP contribution is 2.22.